The third-order valence-corrected chi connectivity index (χ3v) is 2.70. The third-order valence-electron chi connectivity index (χ3n) is 2.70. The van der Waals surface area contributed by atoms with Crippen LogP contribution in [0.15, 0.2) is 34.3 Å². The molecule has 94 valence electrons. The number of aliphatic imine (C=N–C) groups is 1. The summed E-state index contributed by atoms with van der Waals surface area (Å²) >= 11 is 0. The first-order chi connectivity index (χ1) is 7.97. The second-order valence-electron chi connectivity index (χ2n) is 4.03. The lowest BCUT2D eigenvalue weighted by Crippen LogP contribution is -2.12. The van der Waals surface area contributed by atoms with Crippen LogP contribution in [0.25, 0.3) is 0 Å². The molecule has 0 saturated heterocycles. The lowest BCUT2D eigenvalue weighted by molar-refractivity contribution is 0.644. The zero-order valence-corrected chi connectivity index (χ0v) is 11.3. The van der Waals surface area contributed by atoms with Crippen LogP contribution in [-0.4, -0.2) is 11.9 Å². The van der Waals surface area contributed by atoms with Crippen molar-refractivity contribution in [2.24, 2.45) is 16.6 Å². The molecule has 1 unspecified atom stereocenters. The Morgan fingerprint density at radius 2 is 2.18 bits per heavy atom. The van der Waals surface area contributed by atoms with Gasteiger partial charge in [-0.1, -0.05) is 20.4 Å². The molecule has 0 rings (SSSR count). The van der Waals surface area contributed by atoms with Crippen molar-refractivity contribution < 1.29 is 0 Å². The average Bonchev–Trinajstić information content (AvgIpc) is 2.29. The highest BCUT2D eigenvalue weighted by atomic mass is 14.8. The van der Waals surface area contributed by atoms with E-state index in [1.165, 1.54) is 5.57 Å². The van der Waals surface area contributed by atoms with Gasteiger partial charge in [0.05, 0.1) is 17.1 Å². The quantitative estimate of drug-likeness (QED) is 0.536. The molecule has 0 fully saturated rings. The summed E-state index contributed by atoms with van der Waals surface area (Å²) in [7, 11) is 0. The molecule has 17 heavy (non-hydrogen) atoms. The van der Waals surface area contributed by atoms with Crippen molar-refractivity contribution in [3.63, 3.8) is 0 Å². The van der Waals surface area contributed by atoms with Crippen molar-refractivity contribution in [3.05, 3.63) is 29.3 Å². The van der Waals surface area contributed by atoms with Crippen LogP contribution in [0, 0.1) is 11.3 Å². The van der Waals surface area contributed by atoms with Crippen molar-refractivity contribution in [2.45, 2.75) is 40.5 Å². The zero-order chi connectivity index (χ0) is 13.4. The highest BCUT2D eigenvalue weighted by Gasteiger charge is 2.12. The molecule has 0 aliphatic rings. The van der Waals surface area contributed by atoms with Crippen molar-refractivity contribution in [1.82, 2.24) is 0 Å². The molecule has 0 amide bonds. The molecular weight excluding hydrogens is 210 g/mol. The SMILES string of the molecule is C=C=C(CC)C(C)C/C(N=CC)=C(\N)C(C)=N. The normalized spacial score (nSPS) is 14.1. The Hall–Kier alpha value is -1.60. The van der Waals surface area contributed by atoms with Crippen LogP contribution in [0.2, 0.25) is 0 Å². The van der Waals surface area contributed by atoms with E-state index in [-0.39, 0.29) is 0 Å². The molecule has 0 spiro atoms. The van der Waals surface area contributed by atoms with Gasteiger partial charge < -0.3 is 11.1 Å². The fourth-order valence-electron chi connectivity index (χ4n) is 1.67. The molecule has 0 heterocycles. The van der Waals surface area contributed by atoms with Gasteiger partial charge >= 0.3 is 0 Å². The van der Waals surface area contributed by atoms with Gasteiger partial charge in [-0.25, -0.2) is 0 Å². The first-order valence-electron chi connectivity index (χ1n) is 5.89. The molecule has 1 atom stereocenters. The van der Waals surface area contributed by atoms with Crippen molar-refractivity contribution >= 4 is 11.9 Å². The van der Waals surface area contributed by atoms with Crippen LogP contribution >= 0.6 is 0 Å². The lowest BCUT2D eigenvalue weighted by Gasteiger charge is -2.14. The van der Waals surface area contributed by atoms with Crippen molar-refractivity contribution in [2.75, 3.05) is 0 Å². The van der Waals surface area contributed by atoms with E-state index in [1.54, 1.807) is 13.1 Å². The van der Waals surface area contributed by atoms with E-state index >= 15 is 0 Å². The second-order valence-corrected chi connectivity index (χ2v) is 4.03. The number of rotatable bonds is 6. The highest BCUT2D eigenvalue weighted by Crippen LogP contribution is 2.22. The van der Waals surface area contributed by atoms with E-state index in [0.29, 0.717) is 17.3 Å². The Labute approximate surface area is 104 Å². The minimum absolute atomic E-state index is 0.300. The van der Waals surface area contributed by atoms with Crippen LogP contribution < -0.4 is 5.73 Å². The summed E-state index contributed by atoms with van der Waals surface area (Å²) in [4.78, 5) is 4.26. The molecule has 0 aromatic rings. The highest BCUT2D eigenvalue weighted by molar-refractivity contribution is 5.95. The van der Waals surface area contributed by atoms with Crippen LogP contribution in [-0.2, 0) is 0 Å². The number of hydrogen-bond donors (Lipinski definition) is 2. The van der Waals surface area contributed by atoms with Gasteiger partial charge in [0.2, 0.25) is 0 Å². The monoisotopic (exact) mass is 233 g/mol. The molecule has 0 aliphatic heterocycles. The summed E-state index contributed by atoms with van der Waals surface area (Å²) < 4.78 is 0. The average molecular weight is 233 g/mol. The molecule has 3 N–H and O–H groups in total. The van der Waals surface area contributed by atoms with Gasteiger partial charge in [0.25, 0.3) is 0 Å². The Morgan fingerprint density at radius 1 is 1.59 bits per heavy atom. The van der Waals surface area contributed by atoms with E-state index in [1.807, 2.05) is 6.92 Å². The second kappa shape index (κ2) is 7.64. The summed E-state index contributed by atoms with van der Waals surface area (Å²) in [6, 6.07) is 0. The molecule has 0 aromatic carbocycles. The van der Waals surface area contributed by atoms with E-state index < -0.39 is 0 Å². The lowest BCUT2D eigenvalue weighted by atomic mass is 9.94. The maximum Gasteiger partial charge on any atom is 0.0741 e. The van der Waals surface area contributed by atoms with Gasteiger partial charge in [-0.2, -0.15) is 0 Å². The molecule has 3 heteroatoms. The Bertz CT molecular complexity index is 382. The number of hydrogen-bond acceptors (Lipinski definition) is 3. The largest absolute Gasteiger partial charge is 0.396 e. The maximum atomic E-state index is 7.56. The van der Waals surface area contributed by atoms with E-state index in [4.69, 9.17) is 11.1 Å². The molecular formula is C14H23N3. The van der Waals surface area contributed by atoms with E-state index in [9.17, 15) is 0 Å². The van der Waals surface area contributed by atoms with Gasteiger partial charge in [0.1, 0.15) is 0 Å². The fourth-order valence-corrected chi connectivity index (χ4v) is 1.67. The molecule has 0 aliphatic carbocycles. The van der Waals surface area contributed by atoms with Crippen LogP contribution in [0.1, 0.15) is 40.5 Å². The molecule has 0 aromatic heterocycles. The minimum atomic E-state index is 0.300. The number of nitrogens with zero attached hydrogens (tertiary/aromatic N) is 1. The topological polar surface area (TPSA) is 62.2 Å². The Morgan fingerprint density at radius 3 is 2.53 bits per heavy atom. The standard InChI is InChI=1S/C14H23N3/c1-6-12(7-2)10(4)9-13(17-8-3)14(16)11(5)15/h8,10,15H,1,7,9,16H2,2-5H3/b14-13+,15-11?,17-8?. The Balaban J connectivity index is 5.10. The Kier molecular flexibility index (Phi) is 6.92. The number of nitrogens with one attached hydrogen (secondary N) is 1. The predicted molar refractivity (Wildman–Crippen MR) is 75.5 cm³/mol. The maximum absolute atomic E-state index is 7.56. The van der Waals surface area contributed by atoms with Gasteiger partial charge in [-0.05, 0) is 38.2 Å². The first-order valence-corrected chi connectivity index (χ1v) is 5.89. The van der Waals surface area contributed by atoms with Gasteiger partial charge in [0.15, 0.2) is 0 Å². The van der Waals surface area contributed by atoms with E-state index in [2.05, 4.69) is 31.2 Å². The summed E-state index contributed by atoms with van der Waals surface area (Å²) in [5.74, 6) is 0.300. The van der Waals surface area contributed by atoms with Crippen LogP contribution in [0.4, 0.5) is 0 Å². The summed E-state index contributed by atoms with van der Waals surface area (Å²) in [6.07, 6.45) is 3.36. The smallest absolute Gasteiger partial charge is 0.0741 e. The third kappa shape index (κ3) is 4.83. The molecule has 0 bridgehead atoms. The van der Waals surface area contributed by atoms with Gasteiger partial charge in [-0.3, -0.25) is 4.99 Å². The van der Waals surface area contributed by atoms with Crippen molar-refractivity contribution in [1.29, 1.82) is 5.41 Å². The summed E-state index contributed by atoms with van der Waals surface area (Å²) in [5.41, 5.74) is 11.6. The van der Waals surface area contributed by atoms with Gasteiger partial charge in [-0.15, -0.1) is 5.73 Å². The van der Waals surface area contributed by atoms with Crippen LogP contribution in [0.3, 0.4) is 0 Å². The molecule has 3 nitrogen and oxygen atoms in total. The predicted octanol–water partition coefficient (Wildman–Crippen LogP) is 3.43. The van der Waals surface area contributed by atoms with Crippen LogP contribution in [0.5, 0.6) is 0 Å². The van der Waals surface area contributed by atoms with Crippen molar-refractivity contribution in [3.8, 4) is 0 Å². The number of nitrogens with two attached hydrogens (primary N) is 1. The molecule has 0 radical (unpaired) electrons. The van der Waals surface area contributed by atoms with E-state index in [0.717, 1.165) is 18.5 Å². The summed E-state index contributed by atoms with van der Waals surface area (Å²) in [5, 5.41) is 7.56. The van der Waals surface area contributed by atoms with Gasteiger partial charge in [0, 0.05) is 6.21 Å². The minimum Gasteiger partial charge on any atom is -0.396 e. The zero-order valence-electron chi connectivity index (χ0n) is 11.3. The number of allylic oxidation sites excluding steroid dienone is 3. The summed E-state index contributed by atoms with van der Waals surface area (Å²) in [6.45, 7) is 11.4. The fraction of sp³-hybridized carbons (Fsp3) is 0.500. The molecule has 0 saturated carbocycles. The first kappa shape index (κ1) is 15.4.